The molecule has 0 spiro atoms. The zero-order valence-electron chi connectivity index (χ0n) is 8.14. The van der Waals surface area contributed by atoms with Crippen molar-refractivity contribution in [3.63, 3.8) is 0 Å². The van der Waals surface area contributed by atoms with Gasteiger partial charge in [-0.3, -0.25) is 0 Å². The second kappa shape index (κ2) is 4.13. The molecule has 0 saturated heterocycles. The van der Waals surface area contributed by atoms with Crippen LogP contribution in [0, 0.1) is 24.2 Å². The first-order valence-corrected chi connectivity index (χ1v) is 5.03. The summed E-state index contributed by atoms with van der Waals surface area (Å²) in [7, 11) is 0. The van der Waals surface area contributed by atoms with Crippen LogP contribution in [-0.2, 0) is 0 Å². The van der Waals surface area contributed by atoms with E-state index < -0.39 is 0 Å². The highest BCUT2D eigenvalue weighted by Crippen LogP contribution is 2.36. The van der Waals surface area contributed by atoms with E-state index in [1.165, 1.54) is 25.7 Å². The molecule has 0 aromatic rings. The molecule has 0 bridgehead atoms. The lowest BCUT2D eigenvalue weighted by Crippen LogP contribution is -2.23. The second-order valence-electron chi connectivity index (χ2n) is 4.17. The van der Waals surface area contributed by atoms with Gasteiger partial charge in [0.1, 0.15) is 0 Å². The first kappa shape index (κ1) is 9.09. The Labute approximate surface area is 71.4 Å². The zero-order chi connectivity index (χ0) is 8.27. The number of hydrogen-bond donors (Lipinski definition) is 0. The second-order valence-corrected chi connectivity index (χ2v) is 4.17. The molecule has 1 aliphatic rings. The predicted molar refractivity (Wildman–Crippen MR) is 50.3 cm³/mol. The summed E-state index contributed by atoms with van der Waals surface area (Å²) in [5.74, 6) is 2.91. The Kier molecular flexibility index (Phi) is 3.42. The summed E-state index contributed by atoms with van der Waals surface area (Å²) in [6.45, 7) is 7.02. The van der Waals surface area contributed by atoms with E-state index in [2.05, 4.69) is 27.2 Å². The molecule has 0 heterocycles. The van der Waals surface area contributed by atoms with Gasteiger partial charge in [-0.05, 0) is 30.6 Å². The molecule has 1 fully saturated rings. The maximum absolute atomic E-state index is 2.43. The van der Waals surface area contributed by atoms with Gasteiger partial charge in [0.25, 0.3) is 0 Å². The van der Waals surface area contributed by atoms with Crippen molar-refractivity contribution in [1.82, 2.24) is 0 Å². The smallest absolute Gasteiger partial charge is 0.0383 e. The van der Waals surface area contributed by atoms with Crippen LogP contribution in [0.4, 0.5) is 0 Å². The average molecular weight is 153 g/mol. The lowest BCUT2D eigenvalue weighted by Gasteiger charge is -2.33. The van der Waals surface area contributed by atoms with E-state index in [4.69, 9.17) is 0 Å². The van der Waals surface area contributed by atoms with Gasteiger partial charge in [-0.2, -0.15) is 0 Å². The molecular weight excluding hydrogens is 132 g/mol. The van der Waals surface area contributed by atoms with Crippen molar-refractivity contribution in [2.75, 3.05) is 0 Å². The fourth-order valence-corrected chi connectivity index (χ4v) is 2.33. The fourth-order valence-electron chi connectivity index (χ4n) is 2.33. The van der Waals surface area contributed by atoms with E-state index in [0.29, 0.717) is 0 Å². The van der Waals surface area contributed by atoms with Crippen molar-refractivity contribution in [1.29, 1.82) is 0 Å². The van der Waals surface area contributed by atoms with Gasteiger partial charge in [-0.15, -0.1) is 0 Å². The van der Waals surface area contributed by atoms with E-state index >= 15 is 0 Å². The zero-order valence-corrected chi connectivity index (χ0v) is 8.14. The Morgan fingerprint density at radius 1 is 1.27 bits per heavy atom. The lowest BCUT2D eigenvalue weighted by atomic mass is 9.72. The largest absolute Gasteiger partial charge is 0.0622 e. The molecule has 11 heavy (non-hydrogen) atoms. The molecule has 0 heteroatoms. The normalized spacial score (nSPS) is 39.0. The van der Waals surface area contributed by atoms with E-state index in [0.717, 1.165) is 17.8 Å². The molecule has 0 aliphatic heterocycles. The van der Waals surface area contributed by atoms with Crippen LogP contribution in [0.2, 0.25) is 0 Å². The molecule has 0 aromatic carbocycles. The Hall–Kier alpha value is 0. The first-order chi connectivity index (χ1) is 5.25. The van der Waals surface area contributed by atoms with Gasteiger partial charge in [0.05, 0.1) is 0 Å². The summed E-state index contributed by atoms with van der Waals surface area (Å²) in [6.07, 6.45) is 8.06. The van der Waals surface area contributed by atoms with Crippen LogP contribution in [0.25, 0.3) is 0 Å². The molecular formula is C11H21. The molecule has 1 saturated carbocycles. The van der Waals surface area contributed by atoms with Gasteiger partial charge < -0.3 is 0 Å². The van der Waals surface area contributed by atoms with Crippen LogP contribution in [0.15, 0.2) is 0 Å². The minimum atomic E-state index is 0.958. The molecule has 0 aromatic heterocycles. The summed E-state index contributed by atoms with van der Waals surface area (Å²) in [5.41, 5.74) is 0. The number of rotatable bonds is 2. The molecule has 3 atom stereocenters. The first-order valence-electron chi connectivity index (χ1n) is 5.03. The third-order valence-electron chi connectivity index (χ3n) is 3.41. The number of hydrogen-bond acceptors (Lipinski definition) is 0. The van der Waals surface area contributed by atoms with Crippen molar-refractivity contribution in [2.24, 2.45) is 17.8 Å². The summed E-state index contributed by atoms with van der Waals surface area (Å²) < 4.78 is 0. The van der Waals surface area contributed by atoms with Crippen LogP contribution in [0.5, 0.6) is 0 Å². The van der Waals surface area contributed by atoms with Crippen molar-refractivity contribution in [3.05, 3.63) is 6.42 Å². The minimum absolute atomic E-state index is 0.958. The van der Waals surface area contributed by atoms with Crippen molar-refractivity contribution in [2.45, 2.75) is 46.5 Å². The van der Waals surface area contributed by atoms with Gasteiger partial charge in [0.15, 0.2) is 0 Å². The predicted octanol–water partition coefficient (Wildman–Crippen LogP) is 3.67. The van der Waals surface area contributed by atoms with Gasteiger partial charge in [-0.1, -0.05) is 40.0 Å². The van der Waals surface area contributed by atoms with Crippen molar-refractivity contribution >= 4 is 0 Å². The van der Waals surface area contributed by atoms with Crippen LogP contribution in [0.3, 0.4) is 0 Å². The Morgan fingerprint density at radius 2 is 2.00 bits per heavy atom. The summed E-state index contributed by atoms with van der Waals surface area (Å²) in [6, 6.07) is 0. The molecule has 1 rings (SSSR count). The van der Waals surface area contributed by atoms with E-state index in [-0.39, 0.29) is 0 Å². The molecule has 0 amide bonds. The average Bonchev–Trinajstić information content (AvgIpc) is 1.99. The van der Waals surface area contributed by atoms with Gasteiger partial charge in [0, 0.05) is 0 Å². The maximum atomic E-state index is 2.43. The monoisotopic (exact) mass is 153 g/mol. The van der Waals surface area contributed by atoms with E-state index in [9.17, 15) is 0 Å². The Bertz CT molecular complexity index is 105. The molecule has 3 unspecified atom stereocenters. The van der Waals surface area contributed by atoms with Gasteiger partial charge >= 0.3 is 0 Å². The van der Waals surface area contributed by atoms with Crippen LogP contribution >= 0.6 is 0 Å². The molecule has 1 aliphatic carbocycles. The van der Waals surface area contributed by atoms with Crippen molar-refractivity contribution in [3.8, 4) is 0 Å². The Morgan fingerprint density at radius 3 is 2.64 bits per heavy atom. The minimum Gasteiger partial charge on any atom is -0.0622 e. The summed E-state index contributed by atoms with van der Waals surface area (Å²) >= 11 is 0. The fraction of sp³-hybridized carbons (Fsp3) is 0.909. The van der Waals surface area contributed by atoms with Gasteiger partial charge in [0.2, 0.25) is 0 Å². The third-order valence-corrected chi connectivity index (χ3v) is 3.41. The molecule has 65 valence electrons. The molecule has 0 N–H and O–H groups in total. The van der Waals surface area contributed by atoms with E-state index in [1.54, 1.807) is 0 Å². The lowest BCUT2D eigenvalue weighted by molar-refractivity contribution is 0.180. The standard InChI is InChI=1S/C11H21/c1-4-6-11-8-5-7-9(2)10(11)3/h4,9-11H,5-8H2,1-3H3. The van der Waals surface area contributed by atoms with Crippen LogP contribution < -0.4 is 0 Å². The summed E-state index contributed by atoms with van der Waals surface area (Å²) in [5, 5.41) is 0. The summed E-state index contributed by atoms with van der Waals surface area (Å²) in [4.78, 5) is 0. The van der Waals surface area contributed by atoms with Crippen molar-refractivity contribution < 1.29 is 0 Å². The highest BCUT2D eigenvalue weighted by Gasteiger charge is 2.25. The Balaban J connectivity index is 2.38. The van der Waals surface area contributed by atoms with Crippen LogP contribution in [0.1, 0.15) is 46.5 Å². The highest BCUT2D eigenvalue weighted by atomic mass is 14.3. The third kappa shape index (κ3) is 2.21. The molecule has 1 radical (unpaired) electrons. The SMILES string of the molecule is C[CH]CC1CCCC(C)C1C. The topological polar surface area (TPSA) is 0 Å². The highest BCUT2D eigenvalue weighted by molar-refractivity contribution is 4.79. The quantitative estimate of drug-likeness (QED) is 0.568. The maximum Gasteiger partial charge on any atom is -0.0383 e. The molecule has 0 nitrogen and oxygen atoms in total. The van der Waals surface area contributed by atoms with Crippen LogP contribution in [-0.4, -0.2) is 0 Å². The van der Waals surface area contributed by atoms with Gasteiger partial charge in [-0.25, -0.2) is 0 Å². The van der Waals surface area contributed by atoms with E-state index in [1.807, 2.05) is 0 Å².